The van der Waals surface area contributed by atoms with Gasteiger partial charge in [-0.15, -0.1) is 0 Å². The predicted molar refractivity (Wildman–Crippen MR) is 80.1 cm³/mol. The molecular formula is C13H26KLiO4. The van der Waals surface area contributed by atoms with Crippen LogP contribution in [-0.4, -0.2) is 92.9 Å². The van der Waals surface area contributed by atoms with Gasteiger partial charge in [0.1, 0.15) is 12.0 Å². The van der Waals surface area contributed by atoms with Crippen LogP contribution in [0.2, 0.25) is 0 Å². The van der Waals surface area contributed by atoms with Gasteiger partial charge in [-0.05, 0) is 26.7 Å². The Kier molecular flexibility index (Phi) is 18.7. The van der Waals surface area contributed by atoms with E-state index in [2.05, 4.69) is 6.92 Å². The Hall–Kier alpha value is 1.17. The number of carbonyl (C=O) groups is 2. The zero-order chi connectivity index (χ0) is 13.3. The normalized spacial score (nSPS) is 10.1. The number of carboxylic acids is 1. The fourth-order valence-corrected chi connectivity index (χ4v) is 1.67. The fraction of sp³-hybridized carbons (Fsp3) is 0.846. The second kappa shape index (κ2) is 14.1. The first kappa shape index (κ1) is 25.1. The molecular weight excluding hydrogens is 266 g/mol. The van der Waals surface area contributed by atoms with Crippen LogP contribution in [-0.2, 0) is 14.3 Å². The van der Waals surface area contributed by atoms with Crippen molar-refractivity contribution in [3.05, 3.63) is 0 Å². The molecule has 0 amide bonds. The number of carbonyl (C=O) groups excluding carboxylic acids is 1. The maximum atomic E-state index is 11.2. The summed E-state index contributed by atoms with van der Waals surface area (Å²) in [7, 11) is 0. The minimum absolute atomic E-state index is 0. The molecule has 0 aromatic heterocycles. The molecule has 0 aliphatic carbocycles. The second-order valence-corrected chi connectivity index (χ2v) is 4.97. The van der Waals surface area contributed by atoms with Gasteiger partial charge < -0.3 is 9.84 Å². The first-order chi connectivity index (χ1) is 7.87. The van der Waals surface area contributed by atoms with Crippen molar-refractivity contribution >= 4 is 82.2 Å². The standard InChI is InChI=1S/C13H24O4.K.Li.2H/c1-4-5-6-7-8-9-13(2,3)17-12(16)10-11(14)15;;;;/h4-10H2,1-3H3,(H,14,15);;;;. The summed E-state index contributed by atoms with van der Waals surface area (Å²) in [5.74, 6) is -1.80. The van der Waals surface area contributed by atoms with Crippen LogP contribution in [0.15, 0.2) is 0 Å². The van der Waals surface area contributed by atoms with Crippen molar-refractivity contribution in [1.82, 2.24) is 0 Å². The molecule has 0 rings (SSSR count). The van der Waals surface area contributed by atoms with Gasteiger partial charge in [0.2, 0.25) is 0 Å². The molecule has 0 unspecified atom stereocenters. The van der Waals surface area contributed by atoms with Crippen LogP contribution in [0.4, 0.5) is 0 Å². The Morgan fingerprint density at radius 2 is 1.63 bits per heavy atom. The van der Waals surface area contributed by atoms with Crippen molar-refractivity contribution in [2.45, 2.75) is 71.3 Å². The van der Waals surface area contributed by atoms with E-state index in [0.29, 0.717) is 0 Å². The Bertz CT molecular complexity index is 257. The van der Waals surface area contributed by atoms with Crippen LogP contribution in [0.3, 0.4) is 0 Å². The van der Waals surface area contributed by atoms with E-state index in [4.69, 9.17) is 9.84 Å². The maximum absolute atomic E-state index is 11.2. The third-order valence-corrected chi connectivity index (χ3v) is 2.57. The molecule has 19 heavy (non-hydrogen) atoms. The molecule has 0 aromatic carbocycles. The number of rotatable bonds is 9. The van der Waals surface area contributed by atoms with Crippen LogP contribution in [0.1, 0.15) is 65.7 Å². The summed E-state index contributed by atoms with van der Waals surface area (Å²) in [6.07, 6.45) is 6.01. The molecule has 0 saturated heterocycles. The van der Waals surface area contributed by atoms with E-state index in [-0.39, 0.29) is 70.2 Å². The number of esters is 1. The number of unbranched alkanes of at least 4 members (excludes halogenated alkanes) is 4. The Morgan fingerprint density at radius 1 is 1.11 bits per heavy atom. The van der Waals surface area contributed by atoms with E-state index in [1.807, 2.05) is 13.8 Å². The molecule has 0 aliphatic rings. The van der Waals surface area contributed by atoms with Gasteiger partial charge in [-0.3, -0.25) is 9.59 Å². The molecule has 0 aromatic rings. The van der Waals surface area contributed by atoms with Crippen molar-refractivity contribution in [2.24, 2.45) is 0 Å². The van der Waals surface area contributed by atoms with Crippen LogP contribution in [0.25, 0.3) is 0 Å². The number of carboxylic acid groups (broad SMARTS) is 1. The zero-order valence-electron chi connectivity index (χ0n) is 11.1. The molecule has 0 atom stereocenters. The summed E-state index contributed by atoms with van der Waals surface area (Å²) in [4.78, 5) is 21.5. The van der Waals surface area contributed by atoms with E-state index >= 15 is 0 Å². The van der Waals surface area contributed by atoms with Gasteiger partial charge >= 0.3 is 82.2 Å². The molecule has 0 aliphatic heterocycles. The molecule has 0 saturated carbocycles. The molecule has 0 radical (unpaired) electrons. The van der Waals surface area contributed by atoms with Gasteiger partial charge in [0, 0.05) is 0 Å². The first-order valence-corrected chi connectivity index (χ1v) is 6.31. The van der Waals surface area contributed by atoms with E-state index in [1.165, 1.54) is 19.3 Å². The third kappa shape index (κ3) is 17.1. The monoisotopic (exact) mass is 292 g/mol. The number of hydrogen-bond acceptors (Lipinski definition) is 3. The summed E-state index contributed by atoms with van der Waals surface area (Å²) in [5.41, 5.74) is -0.557. The van der Waals surface area contributed by atoms with Crippen LogP contribution >= 0.6 is 0 Å². The van der Waals surface area contributed by atoms with Gasteiger partial charge in [-0.2, -0.15) is 0 Å². The summed E-state index contributed by atoms with van der Waals surface area (Å²) in [5, 5.41) is 8.45. The summed E-state index contributed by atoms with van der Waals surface area (Å²) < 4.78 is 5.14. The molecule has 0 fully saturated rings. The number of aliphatic carboxylic acids is 1. The predicted octanol–water partition coefficient (Wildman–Crippen LogP) is 1.85. The summed E-state index contributed by atoms with van der Waals surface area (Å²) >= 11 is 0. The number of hydrogen-bond donors (Lipinski definition) is 1. The van der Waals surface area contributed by atoms with Crippen molar-refractivity contribution < 1.29 is 19.4 Å². The summed E-state index contributed by atoms with van der Waals surface area (Å²) in [6.45, 7) is 5.82. The van der Waals surface area contributed by atoms with Crippen LogP contribution in [0.5, 0.6) is 0 Å². The fourth-order valence-electron chi connectivity index (χ4n) is 1.67. The van der Waals surface area contributed by atoms with Crippen molar-refractivity contribution in [3.8, 4) is 0 Å². The zero-order valence-corrected chi connectivity index (χ0v) is 11.1. The van der Waals surface area contributed by atoms with E-state index in [0.717, 1.165) is 19.3 Å². The third-order valence-electron chi connectivity index (χ3n) is 2.57. The van der Waals surface area contributed by atoms with E-state index < -0.39 is 24.0 Å². The Balaban J connectivity index is -0.00000128. The molecule has 6 heteroatoms. The van der Waals surface area contributed by atoms with Crippen LogP contribution in [0, 0.1) is 0 Å². The van der Waals surface area contributed by atoms with Crippen molar-refractivity contribution in [3.63, 3.8) is 0 Å². The summed E-state index contributed by atoms with van der Waals surface area (Å²) in [6, 6.07) is 0. The Morgan fingerprint density at radius 3 is 2.11 bits per heavy atom. The molecule has 1 N–H and O–H groups in total. The van der Waals surface area contributed by atoms with Gasteiger partial charge in [-0.1, -0.05) is 32.6 Å². The van der Waals surface area contributed by atoms with Gasteiger partial charge in [0.15, 0.2) is 0 Å². The molecule has 4 nitrogen and oxygen atoms in total. The first-order valence-electron chi connectivity index (χ1n) is 6.31. The Labute approximate surface area is 171 Å². The SMILES string of the molecule is CCCCCCCC(C)(C)OC(=O)CC(=O)O.[KH].[LiH]. The molecule has 0 spiro atoms. The van der Waals surface area contributed by atoms with Crippen molar-refractivity contribution in [1.29, 1.82) is 0 Å². The number of ether oxygens (including phenoxy) is 1. The van der Waals surface area contributed by atoms with E-state index in [1.54, 1.807) is 0 Å². The average Bonchev–Trinajstić information content (AvgIpc) is 2.14. The minimum atomic E-state index is -1.14. The van der Waals surface area contributed by atoms with E-state index in [9.17, 15) is 9.59 Å². The van der Waals surface area contributed by atoms with Crippen LogP contribution < -0.4 is 0 Å². The van der Waals surface area contributed by atoms with Crippen molar-refractivity contribution in [2.75, 3.05) is 0 Å². The molecule has 104 valence electrons. The molecule has 0 heterocycles. The van der Waals surface area contributed by atoms with Gasteiger partial charge in [0.05, 0.1) is 0 Å². The average molecular weight is 292 g/mol. The van der Waals surface area contributed by atoms with Gasteiger partial charge in [-0.25, -0.2) is 0 Å². The quantitative estimate of drug-likeness (QED) is 0.305. The topological polar surface area (TPSA) is 63.6 Å². The second-order valence-electron chi connectivity index (χ2n) is 4.97. The molecule has 0 bridgehead atoms. The van der Waals surface area contributed by atoms with Gasteiger partial charge in [0.25, 0.3) is 0 Å².